The molecular formula is C23H22N6O3. The zero-order chi connectivity index (χ0) is 21.7. The molecule has 3 aromatic heterocycles. The predicted octanol–water partition coefficient (Wildman–Crippen LogP) is 3.13. The van der Waals surface area contributed by atoms with Crippen LogP contribution in [0.25, 0.3) is 44.2 Å². The van der Waals surface area contributed by atoms with Crippen LogP contribution in [0, 0.1) is 0 Å². The zero-order valence-electron chi connectivity index (χ0n) is 17.6. The summed E-state index contributed by atoms with van der Waals surface area (Å²) in [6.07, 6.45) is 2.52. The van der Waals surface area contributed by atoms with Gasteiger partial charge in [0.2, 0.25) is 11.8 Å². The molecule has 6 rings (SSSR count). The van der Waals surface area contributed by atoms with Crippen molar-refractivity contribution in [1.29, 1.82) is 0 Å². The van der Waals surface area contributed by atoms with E-state index in [1.165, 1.54) is 0 Å². The fraction of sp³-hybridized carbons (Fsp3) is 0.261. The molecule has 9 nitrogen and oxygen atoms in total. The second-order valence-electron chi connectivity index (χ2n) is 7.85. The van der Waals surface area contributed by atoms with Gasteiger partial charge in [-0.3, -0.25) is 5.10 Å². The van der Waals surface area contributed by atoms with E-state index < -0.39 is 0 Å². The fourth-order valence-electron chi connectivity index (χ4n) is 4.25. The van der Waals surface area contributed by atoms with Gasteiger partial charge in [-0.2, -0.15) is 15.3 Å². The normalized spacial score (nSPS) is 13.7. The van der Waals surface area contributed by atoms with Gasteiger partial charge in [-0.15, -0.1) is 0 Å². The van der Waals surface area contributed by atoms with E-state index in [1.54, 1.807) is 9.36 Å². The van der Waals surface area contributed by atoms with Crippen molar-refractivity contribution in [2.45, 2.75) is 13.0 Å². The van der Waals surface area contributed by atoms with Crippen LogP contribution >= 0.6 is 0 Å². The summed E-state index contributed by atoms with van der Waals surface area (Å²) in [6, 6.07) is 12.2. The summed E-state index contributed by atoms with van der Waals surface area (Å²) in [6.45, 7) is 1.30. The van der Waals surface area contributed by atoms with Crippen molar-refractivity contribution < 1.29 is 14.6 Å². The van der Waals surface area contributed by atoms with Crippen molar-refractivity contribution in [2.75, 3.05) is 19.8 Å². The first kappa shape index (κ1) is 18.9. The first-order chi connectivity index (χ1) is 15.7. The summed E-state index contributed by atoms with van der Waals surface area (Å²) < 4.78 is 15.7. The van der Waals surface area contributed by atoms with Gasteiger partial charge in [0.15, 0.2) is 0 Å². The Morgan fingerprint density at radius 2 is 1.84 bits per heavy atom. The van der Waals surface area contributed by atoms with E-state index in [2.05, 4.69) is 38.6 Å². The van der Waals surface area contributed by atoms with Crippen LogP contribution in [0.15, 0.2) is 42.6 Å². The second kappa shape index (κ2) is 7.38. The summed E-state index contributed by atoms with van der Waals surface area (Å²) >= 11 is 0. The summed E-state index contributed by atoms with van der Waals surface area (Å²) in [7, 11) is 1.88. The molecule has 5 aromatic rings. The molecule has 1 aliphatic rings. The third-order valence-corrected chi connectivity index (χ3v) is 5.80. The van der Waals surface area contributed by atoms with Crippen molar-refractivity contribution in [3.05, 3.63) is 42.6 Å². The number of nitrogens with zero attached hydrogens (tertiary/aromatic N) is 5. The minimum absolute atomic E-state index is 0.0175. The molecule has 32 heavy (non-hydrogen) atoms. The first-order valence-corrected chi connectivity index (χ1v) is 10.6. The van der Waals surface area contributed by atoms with Crippen LogP contribution in [-0.2, 0) is 13.6 Å². The number of aliphatic hydroxyl groups is 1. The molecule has 0 saturated carbocycles. The number of hydrogen-bond acceptors (Lipinski definition) is 6. The number of H-pyrrole nitrogens is 1. The van der Waals surface area contributed by atoms with E-state index in [1.807, 2.05) is 31.4 Å². The Kier molecular flexibility index (Phi) is 4.36. The van der Waals surface area contributed by atoms with Crippen molar-refractivity contribution in [2.24, 2.45) is 7.05 Å². The maximum atomic E-state index is 9.48. The molecule has 0 atom stereocenters. The Labute approximate surface area is 183 Å². The molecule has 0 spiro atoms. The monoisotopic (exact) mass is 430 g/mol. The minimum atomic E-state index is -0.0175. The summed E-state index contributed by atoms with van der Waals surface area (Å²) in [4.78, 5) is 0. The molecule has 162 valence electrons. The molecule has 0 saturated heterocycles. The average molecular weight is 430 g/mol. The maximum absolute atomic E-state index is 9.48. The SMILES string of the molecule is Cn1ncc2c1OCCCOc1c3cc(ccc3nn1CCO)-c1n[nH]c3ccc-2cc13. The molecule has 9 heteroatoms. The Morgan fingerprint density at radius 1 is 1.03 bits per heavy atom. The molecule has 1 aliphatic heterocycles. The van der Waals surface area contributed by atoms with Crippen molar-refractivity contribution in [3.63, 3.8) is 0 Å². The van der Waals surface area contributed by atoms with E-state index in [0.717, 1.165) is 50.1 Å². The number of nitrogens with one attached hydrogen (secondary N) is 1. The van der Waals surface area contributed by atoms with E-state index >= 15 is 0 Å². The van der Waals surface area contributed by atoms with Crippen LogP contribution in [0.4, 0.5) is 0 Å². The number of aryl methyl sites for hydroxylation is 1. The molecule has 2 N–H and O–H groups in total. The summed E-state index contributed by atoms with van der Waals surface area (Å²) in [5.41, 5.74) is 5.54. The van der Waals surface area contributed by atoms with E-state index in [9.17, 15) is 5.11 Å². The summed E-state index contributed by atoms with van der Waals surface area (Å²) in [5, 5.41) is 28.1. The lowest BCUT2D eigenvalue weighted by molar-refractivity contribution is 0.215. The van der Waals surface area contributed by atoms with Crippen molar-refractivity contribution in [3.8, 4) is 34.1 Å². The van der Waals surface area contributed by atoms with Gasteiger partial charge in [0.1, 0.15) is 0 Å². The van der Waals surface area contributed by atoms with E-state index in [0.29, 0.717) is 32.1 Å². The van der Waals surface area contributed by atoms with Crippen LogP contribution < -0.4 is 9.47 Å². The minimum Gasteiger partial charge on any atom is -0.477 e. The lowest BCUT2D eigenvalue weighted by Gasteiger charge is -2.11. The number of aromatic nitrogens is 6. The number of benzene rings is 2. The fourth-order valence-corrected chi connectivity index (χ4v) is 4.25. The molecular weight excluding hydrogens is 408 g/mol. The van der Waals surface area contributed by atoms with E-state index in [-0.39, 0.29) is 6.61 Å². The molecule has 4 heterocycles. The highest BCUT2D eigenvalue weighted by Gasteiger charge is 2.18. The Morgan fingerprint density at radius 3 is 2.72 bits per heavy atom. The number of hydrogen-bond donors (Lipinski definition) is 2. The smallest absolute Gasteiger partial charge is 0.219 e. The van der Waals surface area contributed by atoms with Crippen LogP contribution in [0.5, 0.6) is 11.8 Å². The highest BCUT2D eigenvalue weighted by Crippen LogP contribution is 2.36. The molecule has 2 aromatic carbocycles. The molecule has 0 radical (unpaired) electrons. The lowest BCUT2D eigenvalue weighted by Crippen LogP contribution is -2.11. The van der Waals surface area contributed by atoms with Crippen molar-refractivity contribution >= 4 is 21.8 Å². The zero-order valence-corrected chi connectivity index (χ0v) is 17.6. The van der Waals surface area contributed by atoms with Crippen LogP contribution in [0.2, 0.25) is 0 Å². The van der Waals surface area contributed by atoms with Gasteiger partial charge in [0, 0.05) is 24.4 Å². The third kappa shape index (κ3) is 2.93. The standard InChI is InChI=1S/C23H22N6O3/c1-28-22-18(13-24-28)14-3-5-19-16(11-14)21(26-25-19)15-4-6-20-17(12-15)23(29(27-20)7-8-30)32-10-2-9-31-22/h3-6,11-13,30H,2,7-10H2,1H3,(H,25,26). The van der Waals surface area contributed by atoms with E-state index in [4.69, 9.17) is 9.47 Å². The highest BCUT2D eigenvalue weighted by atomic mass is 16.5. The molecule has 0 fully saturated rings. The van der Waals surface area contributed by atoms with Gasteiger partial charge in [0.25, 0.3) is 0 Å². The Hall–Kier alpha value is -3.85. The van der Waals surface area contributed by atoms with Crippen LogP contribution in [0.3, 0.4) is 0 Å². The molecule has 4 bridgehead atoms. The Balaban J connectivity index is 1.58. The number of rotatable bonds is 2. The maximum Gasteiger partial charge on any atom is 0.219 e. The molecule has 0 aliphatic carbocycles. The Bertz CT molecular complexity index is 1450. The first-order valence-electron chi connectivity index (χ1n) is 10.6. The van der Waals surface area contributed by atoms with Gasteiger partial charge >= 0.3 is 0 Å². The van der Waals surface area contributed by atoms with Gasteiger partial charge in [-0.1, -0.05) is 12.1 Å². The number of aromatic amines is 1. The van der Waals surface area contributed by atoms with Gasteiger partial charge in [-0.25, -0.2) is 9.36 Å². The van der Waals surface area contributed by atoms with Gasteiger partial charge < -0.3 is 14.6 Å². The lowest BCUT2D eigenvalue weighted by atomic mass is 10.0. The average Bonchev–Trinajstić information content (AvgIpc) is 3.48. The number of fused-ring (bicyclic) bond motifs is 5. The third-order valence-electron chi connectivity index (χ3n) is 5.80. The summed E-state index contributed by atoms with van der Waals surface area (Å²) in [5.74, 6) is 1.37. The highest BCUT2D eigenvalue weighted by molar-refractivity contribution is 5.98. The number of aliphatic hydroxyl groups excluding tert-OH is 1. The largest absolute Gasteiger partial charge is 0.477 e. The van der Waals surface area contributed by atoms with Crippen LogP contribution in [0.1, 0.15) is 6.42 Å². The second-order valence-corrected chi connectivity index (χ2v) is 7.85. The molecule has 0 unspecified atom stereocenters. The molecule has 0 amide bonds. The quantitative estimate of drug-likeness (QED) is 0.446. The number of ether oxygens (including phenoxy) is 2. The predicted molar refractivity (Wildman–Crippen MR) is 120 cm³/mol. The van der Waals surface area contributed by atoms with Crippen LogP contribution in [-0.4, -0.2) is 54.7 Å². The van der Waals surface area contributed by atoms with Crippen molar-refractivity contribution in [1.82, 2.24) is 29.8 Å². The van der Waals surface area contributed by atoms with Gasteiger partial charge in [-0.05, 0) is 29.8 Å². The van der Waals surface area contributed by atoms with Gasteiger partial charge in [0.05, 0.1) is 60.2 Å². The topological polar surface area (TPSA) is 103 Å².